The summed E-state index contributed by atoms with van der Waals surface area (Å²) in [7, 11) is 0. The zero-order chi connectivity index (χ0) is 19.2. The van der Waals surface area contributed by atoms with E-state index in [1.807, 2.05) is 11.8 Å². The zero-order valence-electron chi connectivity index (χ0n) is 17.0. The quantitative estimate of drug-likeness (QED) is 0.458. The SMILES string of the molecule is CCCCSc1ccc(-c2ccc(N3CCCC3CN3CCCC3)nn2)cc1. The predicted octanol–water partition coefficient (Wildman–Crippen LogP) is 5.10. The molecule has 0 saturated carbocycles. The first-order valence-corrected chi connectivity index (χ1v) is 11.9. The number of nitrogens with zero attached hydrogens (tertiary/aromatic N) is 4. The predicted molar refractivity (Wildman–Crippen MR) is 119 cm³/mol. The molecule has 0 radical (unpaired) electrons. The molecular formula is C23H32N4S. The highest BCUT2D eigenvalue weighted by Crippen LogP contribution is 2.27. The lowest BCUT2D eigenvalue weighted by Gasteiger charge is -2.29. The van der Waals surface area contributed by atoms with Gasteiger partial charge in [-0.25, -0.2) is 0 Å². The first kappa shape index (κ1) is 19.7. The molecule has 1 aromatic carbocycles. The summed E-state index contributed by atoms with van der Waals surface area (Å²) in [6, 6.07) is 13.6. The molecule has 1 unspecified atom stereocenters. The Balaban J connectivity index is 1.39. The third-order valence-electron chi connectivity index (χ3n) is 5.91. The summed E-state index contributed by atoms with van der Waals surface area (Å²) in [5.41, 5.74) is 2.11. The van der Waals surface area contributed by atoms with Gasteiger partial charge in [0.2, 0.25) is 0 Å². The van der Waals surface area contributed by atoms with E-state index in [-0.39, 0.29) is 0 Å². The van der Waals surface area contributed by atoms with E-state index in [0.717, 1.165) is 23.6 Å². The van der Waals surface area contributed by atoms with Crippen LogP contribution < -0.4 is 4.90 Å². The maximum atomic E-state index is 4.60. The third kappa shape index (κ3) is 4.87. The summed E-state index contributed by atoms with van der Waals surface area (Å²) < 4.78 is 0. The van der Waals surface area contributed by atoms with Crippen molar-refractivity contribution in [3.05, 3.63) is 36.4 Å². The fourth-order valence-electron chi connectivity index (χ4n) is 4.28. The van der Waals surface area contributed by atoms with Crippen molar-refractivity contribution in [2.75, 3.05) is 36.8 Å². The fraction of sp³-hybridized carbons (Fsp3) is 0.565. The van der Waals surface area contributed by atoms with Gasteiger partial charge in [0.05, 0.1) is 5.69 Å². The minimum atomic E-state index is 0.595. The number of unbranched alkanes of at least 4 members (excludes halogenated alkanes) is 1. The lowest BCUT2D eigenvalue weighted by Crippen LogP contribution is -2.39. The minimum absolute atomic E-state index is 0.595. The van der Waals surface area contributed by atoms with E-state index in [9.17, 15) is 0 Å². The molecule has 0 bridgehead atoms. The van der Waals surface area contributed by atoms with Crippen molar-refractivity contribution >= 4 is 17.6 Å². The van der Waals surface area contributed by atoms with Gasteiger partial charge in [-0.2, -0.15) is 0 Å². The number of anilines is 1. The number of benzene rings is 1. The number of rotatable bonds is 8. The molecule has 5 heteroatoms. The van der Waals surface area contributed by atoms with Gasteiger partial charge in [0.1, 0.15) is 0 Å². The smallest absolute Gasteiger partial charge is 0.151 e. The summed E-state index contributed by atoms with van der Waals surface area (Å²) in [6.07, 6.45) is 7.78. The Kier molecular flexibility index (Phi) is 6.86. The van der Waals surface area contributed by atoms with Crippen LogP contribution in [0.3, 0.4) is 0 Å². The van der Waals surface area contributed by atoms with Crippen LogP contribution in [0.15, 0.2) is 41.3 Å². The van der Waals surface area contributed by atoms with E-state index in [4.69, 9.17) is 0 Å². The lowest BCUT2D eigenvalue weighted by molar-refractivity contribution is 0.313. The van der Waals surface area contributed by atoms with Crippen LogP contribution in [0.25, 0.3) is 11.3 Å². The topological polar surface area (TPSA) is 32.3 Å². The molecule has 2 aliphatic heterocycles. The molecule has 4 rings (SSSR count). The van der Waals surface area contributed by atoms with Crippen molar-refractivity contribution in [3.8, 4) is 11.3 Å². The normalized spacial score (nSPS) is 20.2. The van der Waals surface area contributed by atoms with E-state index in [1.165, 1.54) is 68.8 Å². The largest absolute Gasteiger partial charge is 0.351 e. The molecular weight excluding hydrogens is 364 g/mol. The Morgan fingerprint density at radius 1 is 0.964 bits per heavy atom. The second-order valence-corrected chi connectivity index (χ2v) is 9.17. The Bertz CT molecular complexity index is 725. The summed E-state index contributed by atoms with van der Waals surface area (Å²) in [5, 5.41) is 9.15. The van der Waals surface area contributed by atoms with E-state index in [2.05, 4.69) is 63.3 Å². The van der Waals surface area contributed by atoms with Crippen molar-refractivity contribution in [3.63, 3.8) is 0 Å². The second-order valence-electron chi connectivity index (χ2n) is 8.00. The molecule has 0 N–H and O–H groups in total. The van der Waals surface area contributed by atoms with Crippen molar-refractivity contribution < 1.29 is 0 Å². The van der Waals surface area contributed by atoms with Gasteiger partial charge in [-0.1, -0.05) is 25.5 Å². The third-order valence-corrected chi connectivity index (χ3v) is 7.00. The average molecular weight is 397 g/mol. The molecule has 2 saturated heterocycles. The molecule has 0 amide bonds. The maximum absolute atomic E-state index is 4.60. The number of hydrogen-bond acceptors (Lipinski definition) is 5. The highest BCUT2D eigenvalue weighted by molar-refractivity contribution is 7.99. The van der Waals surface area contributed by atoms with E-state index >= 15 is 0 Å². The monoisotopic (exact) mass is 396 g/mol. The van der Waals surface area contributed by atoms with Crippen molar-refractivity contribution in [1.29, 1.82) is 0 Å². The highest BCUT2D eigenvalue weighted by atomic mass is 32.2. The molecule has 2 fully saturated rings. The van der Waals surface area contributed by atoms with Crippen molar-refractivity contribution in [2.45, 2.75) is 56.4 Å². The van der Waals surface area contributed by atoms with Gasteiger partial charge < -0.3 is 9.80 Å². The van der Waals surface area contributed by atoms with E-state index < -0.39 is 0 Å². The number of aromatic nitrogens is 2. The summed E-state index contributed by atoms with van der Waals surface area (Å²) >= 11 is 1.93. The molecule has 2 aromatic rings. The van der Waals surface area contributed by atoms with Crippen molar-refractivity contribution in [1.82, 2.24) is 15.1 Å². The van der Waals surface area contributed by atoms with Crippen LogP contribution >= 0.6 is 11.8 Å². The Hall–Kier alpha value is -1.59. The fourth-order valence-corrected chi connectivity index (χ4v) is 5.28. The minimum Gasteiger partial charge on any atom is -0.351 e. The van der Waals surface area contributed by atoms with Crippen LogP contribution in [0.5, 0.6) is 0 Å². The van der Waals surface area contributed by atoms with Crippen LogP contribution in [0.4, 0.5) is 5.82 Å². The van der Waals surface area contributed by atoms with E-state index in [0.29, 0.717) is 6.04 Å². The first-order valence-electron chi connectivity index (χ1n) is 10.9. The van der Waals surface area contributed by atoms with Crippen LogP contribution in [-0.2, 0) is 0 Å². The van der Waals surface area contributed by atoms with Gasteiger partial charge in [0.25, 0.3) is 0 Å². The zero-order valence-corrected chi connectivity index (χ0v) is 17.8. The van der Waals surface area contributed by atoms with Gasteiger partial charge in [0, 0.05) is 29.6 Å². The summed E-state index contributed by atoms with van der Waals surface area (Å²) in [4.78, 5) is 6.43. The Morgan fingerprint density at radius 2 is 1.79 bits per heavy atom. The molecule has 2 aliphatic rings. The van der Waals surface area contributed by atoms with Gasteiger partial charge >= 0.3 is 0 Å². The lowest BCUT2D eigenvalue weighted by atomic mass is 10.1. The molecule has 0 spiro atoms. The van der Waals surface area contributed by atoms with Crippen LogP contribution in [-0.4, -0.2) is 53.1 Å². The van der Waals surface area contributed by atoms with Crippen LogP contribution in [0, 0.1) is 0 Å². The number of likely N-dealkylation sites (tertiary alicyclic amines) is 1. The number of hydrogen-bond donors (Lipinski definition) is 0. The van der Waals surface area contributed by atoms with E-state index in [1.54, 1.807) is 0 Å². The number of thioether (sulfide) groups is 1. The average Bonchev–Trinajstić information content (AvgIpc) is 3.42. The summed E-state index contributed by atoms with van der Waals surface area (Å²) in [5.74, 6) is 2.23. The van der Waals surface area contributed by atoms with Gasteiger partial charge in [-0.15, -0.1) is 22.0 Å². The molecule has 1 aromatic heterocycles. The van der Waals surface area contributed by atoms with Gasteiger partial charge in [0.15, 0.2) is 5.82 Å². The van der Waals surface area contributed by atoms with Crippen molar-refractivity contribution in [2.24, 2.45) is 0 Å². The molecule has 1 atom stereocenters. The molecule has 4 nitrogen and oxygen atoms in total. The Labute approximate surface area is 173 Å². The molecule has 3 heterocycles. The molecule has 0 aliphatic carbocycles. The highest BCUT2D eigenvalue weighted by Gasteiger charge is 2.28. The standard InChI is InChI=1S/C23H32N4S/c1-2-3-17-28-21-10-8-19(9-11-21)22-12-13-23(25-24-22)27-16-6-7-20(27)18-26-14-4-5-15-26/h8-13,20H,2-7,14-18H2,1H3. The molecule has 28 heavy (non-hydrogen) atoms. The Morgan fingerprint density at radius 3 is 2.50 bits per heavy atom. The maximum Gasteiger partial charge on any atom is 0.151 e. The second kappa shape index (κ2) is 9.75. The summed E-state index contributed by atoms with van der Waals surface area (Å²) in [6.45, 7) is 7.06. The molecule has 150 valence electrons. The van der Waals surface area contributed by atoms with Crippen LogP contribution in [0.1, 0.15) is 45.4 Å². The van der Waals surface area contributed by atoms with Gasteiger partial charge in [-0.05, 0) is 75.2 Å². The van der Waals surface area contributed by atoms with Gasteiger partial charge in [-0.3, -0.25) is 0 Å². The first-order chi connectivity index (χ1) is 13.8. The van der Waals surface area contributed by atoms with Crippen LogP contribution in [0.2, 0.25) is 0 Å².